The Morgan fingerprint density at radius 3 is 2.38 bits per heavy atom. The molecule has 2 saturated heterocycles. The number of likely N-dealkylation sites (tertiary alicyclic amines) is 1. The monoisotopic (exact) mass is 541 g/mol. The van der Waals surface area contributed by atoms with Crippen LogP contribution in [0.5, 0.6) is 11.5 Å². The van der Waals surface area contributed by atoms with Crippen LogP contribution in [0.2, 0.25) is 0 Å². The molecule has 3 heterocycles. The SMILES string of the molecule is CCOC(=O)[C@@H]1[C@@H]([C@H]2[C@@H](Oc3ccccc3)C(=O)N2c2ccc(OC)cc2)CN(C)[C@]12C(=O)Nc1ccccc12. The van der Waals surface area contributed by atoms with Gasteiger partial charge in [0.1, 0.15) is 17.0 Å². The maximum atomic E-state index is 13.8. The molecule has 0 unspecified atom stereocenters. The fourth-order valence-corrected chi connectivity index (χ4v) is 6.65. The summed E-state index contributed by atoms with van der Waals surface area (Å²) in [6.07, 6.45) is -0.852. The summed E-state index contributed by atoms with van der Waals surface area (Å²) < 4.78 is 17.2. The van der Waals surface area contributed by atoms with Crippen LogP contribution in [0, 0.1) is 11.8 Å². The molecule has 9 nitrogen and oxygen atoms in total. The molecule has 2 amide bonds. The van der Waals surface area contributed by atoms with Gasteiger partial charge in [0.15, 0.2) is 6.10 Å². The molecule has 0 bridgehead atoms. The van der Waals surface area contributed by atoms with Crippen LogP contribution in [-0.2, 0) is 24.7 Å². The van der Waals surface area contributed by atoms with Crippen molar-refractivity contribution in [2.45, 2.75) is 24.6 Å². The molecule has 0 saturated carbocycles. The summed E-state index contributed by atoms with van der Waals surface area (Å²) in [4.78, 5) is 45.0. The summed E-state index contributed by atoms with van der Waals surface area (Å²) in [5, 5.41) is 2.98. The molecule has 5 atom stereocenters. The topological polar surface area (TPSA) is 97.4 Å². The first-order valence-electron chi connectivity index (χ1n) is 13.4. The van der Waals surface area contributed by atoms with E-state index in [-0.39, 0.29) is 18.4 Å². The molecule has 1 N–H and O–H groups in total. The van der Waals surface area contributed by atoms with E-state index in [0.717, 1.165) is 5.56 Å². The van der Waals surface area contributed by atoms with Gasteiger partial charge in [-0.05, 0) is 56.4 Å². The number of likely N-dealkylation sites (N-methyl/N-ethyl adjacent to an activating group) is 1. The quantitative estimate of drug-likeness (QED) is 0.362. The zero-order chi connectivity index (χ0) is 28.0. The molecule has 3 aliphatic rings. The molecule has 9 heteroatoms. The molecule has 1 spiro atoms. The number of β-lactam (4-membered cyclic amide) rings is 1. The molecule has 3 aromatic carbocycles. The number of nitrogens with zero attached hydrogens (tertiary/aromatic N) is 2. The number of fused-ring (bicyclic) bond motifs is 2. The van der Waals surface area contributed by atoms with Crippen LogP contribution in [0.1, 0.15) is 12.5 Å². The van der Waals surface area contributed by atoms with Crippen molar-refractivity contribution in [2.24, 2.45) is 11.8 Å². The van der Waals surface area contributed by atoms with Crippen LogP contribution in [0.4, 0.5) is 11.4 Å². The average Bonchev–Trinajstić information content (AvgIpc) is 3.44. The first-order chi connectivity index (χ1) is 19.4. The van der Waals surface area contributed by atoms with Crippen molar-refractivity contribution < 1.29 is 28.6 Å². The van der Waals surface area contributed by atoms with Crippen LogP contribution < -0.4 is 19.7 Å². The van der Waals surface area contributed by atoms with E-state index in [1.165, 1.54) is 0 Å². The second-order valence-electron chi connectivity index (χ2n) is 10.3. The summed E-state index contributed by atoms with van der Waals surface area (Å²) in [6, 6.07) is 23.2. The third kappa shape index (κ3) is 3.76. The minimum Gasteiger partial charge on any atom is -0.497 e. The van der Waals surface area contributed by atoms with E-state index in [4.69, 9.17) is 14.2 Å². The zero-order valence-electron chi connectivity index (χ0n) is 22.6. The van der Waals surface area contributed by atoms with E-state index in [0.29, 0.717) is 29.4 Å². The first kappa shape index (κ1) is 25.9. The van der Waals surface area contributed by atoms with Crippen LogP contribution >= 0.6 is 0 Å². The molecule has 2 fully saturated rings. The summed E-state index contributed by atoms with van der Waals surface area (Å²) in [7, 11) is 3.43. The van der Waals surface area contributed by atoms with Gasteiger partial charge in [0, 0.05) is 29.4 Å². The van der Waals surface area contributed by atoms with Gasteiger partial charge in [0.2, 0.25) is 0 Å². The number of para-hydroxylation sites is 2. The van der Waals surface area contributed by atoms with Gasteiger partial charge in [-0.2, -0.15) is 0 Å². The van der Waals surface area contributed by atoms with Crippen LogP contribution in [0.25, 0.3) is 0 Å². The van der Waals surface area contributed by atoms with E-state index in [9.17, 15) is 14.4 Å². The zero-order valence-corrected chi connectivity index (χ0v) is 22.6. The molecule has 0 aliphatic carbocycles. The van der Waals surface area contributed by atoms with E-state index in [1.807, 2.05) is 66.5 Å². The van der Waals surface area contributed by atoms with Crippen molar-refractivity contribution in [1.82, 2.24) is 4.90 Å². The molecule has 6 rings (SSSR count). The number of carbonyl (C=O) groups is 3. The third-order valence-corrected chi connectivity index (χ3v) is 8.32. The minimum atomic E-state index is -1.28. The minimum absolute atomic E-state index is 0.168. The number of hydrogen-bond donors (Lipinski definition) is 1. The Kier molecular flexibility index (Phi) is 6.46. The number of carbonyl (C=O) groups excluding carboxylic acids is 3. The van der Waals surface area contributed by atoms with Gasteiger partial charge in [-0.25, -0.2) is 0 Å². The number of methoxy groups -OCH3 is 1. The Morgan fingerprint density at radius 1 is 0.975 bits per heavy atom. The molecular formula is C31H31N3O6. The number of rotatable bonds is 7. The van der Waals surface area contributed by atoms with Crippen molar-refractivity contribution in [2.75, 3.05) is 37.5 Å². The highest BCUT2D eigenvalue weighted by Gasteiger charge is 2.69. The molecule has 0 radical (unpaired) electrons. The standard InChI is InChI=1S/C31H31N3O6/c1-4-39-29(36)25-22(18-33(2)31(25)23-12-8-9-13-24(23)32-30(31)37)26-27(40-21-10-6-5-7-11-21)28(35)34(26)19-14-16-20(38-3)17-15-19/h5-17,22,25-27H,4,18H2,1-3H3,(H,32,37)/t22-,25-,26-,27+,31-/m0/s1. The lowest BCUT2D eigenvalue weighted by Gasteiger charge is -2.50. The van der Waals surface area contributed by atoms with E-state index < -0.39 is 35.5 Å². The molecule has 3 aromatic rings. The molecule has 3 aliphatic heterocycles. The second kappa shape index (κ2) is 9.98. The van der Waals surface area contributed by atoms with Gasteiger partial charge in [0.05, 0.1) is 25.7 Å². The molecular weight excluding hydrogens is 510 g/mol. The van der Waals surface area contributed by atoms with Crippen LogP contribution in [-0.4, -0.2) is 62.1 Å². The lowest BCUT2D eigenvalue weighted by molar-refractivity contribution is -0.158. The lowest BCUT2D eigenvalue weighted by Crippen LogP contribution is -2.71. The summed E-state index contributed by atoms with van der Waals surface area (Å²) in [5.41, 5.74) is 0.772. The van der Waals surface area contributed by atoms with Crippen molar-refractivity contribution in [3.63, 3.8) is 0 Å². The largest absolute Gasteiger partial charge is 0.497 e. The Labute approximate surface area is 232 Å². The number of nitrogens with one attached hydrogen (secondary N) is 1. The fraction of sp³-hybridized carbons (Fsp3) is 0.323. The van der Waals surface area contributed by atoms with Gasteiger partial charge >= 0.3 is 5.97 Å². The molecule has 0 aromatic heterocycles. The number of anilines is 2. The maximum Gasteiger partial charge on any atom is 0.312 e. The Morgan fingerprint density at radius 2 is 1.68 bits per heavy atom. The Bertz CT molecular complexity index is 1440. The van der Waals surface area contributed by atoms with Crippen molar-refractivity contribution in [3.8, 4) is 11.5 Å². The van der Waals surface area contributed by atoms with Gasteiger partial charge in [0.25, 0.3) is 11.8 Å². The van der Waals surface area contributed by atoms with E-state index >= 15 is 0 Å². The van der Waals surface area contributed by atoms with E-state index in [1.54, 1.807) is 43.2 Å². The van der Waals surface area contributed by atoms with Gasteiger partial charge < -0.3 is 24.4 Å². The van der Waals surface area contributed by atoms with Crippen LogP contribution in [0.15, 0.2) is 78.9 Å². The predicted molar refractivity (Wildman–Crippen MR) is 148 cm³/mol. The average molecular weight is 542 g/mol. The van der Waals surface area contributed by atoms with Crippen LogP contribution in [0.3, 0.4) is 0 Å². The number of benzene rings is 3. The van der Waals surface area contributed by atoms with Crippen molar-refractivity contribution in [3.05, 3.63) is 84.4 Å². The summed E-state index contributed by atoms with van der Waals surface area (Å²) in [5.74, 6) is -1.13. The number of esters is 1. The van der Waals surface area contributed by atoms with Crippen molar-refractivity contribution in [1.29, 1.82) is 0 Å². The van der Waals surface area contributed by atoms with Gasteiger partial charge in [-0.1, -0.05) is 36.4 Å². The Balaban J connectivity index is 1.47. The molecule has 206 valence electrons. The highest BCUT2D eigenvalue weighted by Crippen LogP contribution is 2.55. The van der Waals surface area contributed by atoms with Gasteiger partial charge in [-0.15, -0.1) is 0 Å². The summed E-state index contributed by atoms with van der Waals surface area (Å²) >= 11 is 0. The summed E-state index contributed by atoms with van der Waals surface area (Å²) in [6.45, 7) is 2.28. The first-order valence-corrected chi connectivity index (χ1v) is 13.4. The van der Waals surface area contributed by atoms with Gasteiger partial charge in [-0.3, -0.25) is 19.3 Å². The number of hydrogen-bond acceptors (Lipinski definition) is 7. The van der Waals surface area contributed by atoms with Crippen molar-refractivity contribution >= 4 is 29.2 Å². The fourth-order valence-electron chi connectivity index (χ4n) is 6.65. The third-order valence-electron chi connectivity index (χ3n) is 8.32. The predicted octanol–water partition coefficient (Wildman–Crippen LogP) is 3.45. The maximum absolute atomic E-state index is 13.8. The molecule has 40 heavy (non-hydrogen) atoms. The highest BCUT2D eigenvalue weighted by atomic mass is 16.5. The number of ether oxygens (including phenoxy) is 3. The Hall–Kier alpha value is -4.37. The number of amides is 2. The second-order valence-corrected chi connectivity index (χ2v) is 10.3. The smallest absolute Gasteiger partial charge is 0.312 e. The lowest BCUT2D eigenvalue weighted by atomic mass is 9.70. The van der Waals surface area contributed by atoms with E-state index in [2.05, 4.69) is 5.32 Å². The normalized spacial score (nSPS) is 27.2. The highest BCUT2D eigenvalue weighted by molar-refractivity contribution is 6.09.